The lowest BCUT2D eigenvalue weighted by atomic mass is 9.93. The van der Waals surface area contributed by atoms with E-state index in [-0.39, 0.29) is 0 Å². The number of hydrogen-bond donors (Lipinski definition) is 0. The predicted octanol–water partition coefficient (Wildman–Crippen LogP) is 5.76. The van der Waals surface area contributed by atoms with Crippen molar-refractivity contribution in [1.82, 2.24) is 14.4 Å². The Morgan fingerprint density at radius 1 is 1.07 bits per heavy atom. The highest BCUT2D eigenvalue weighted by Gasteiger charge is 2.24. The smallest absolute Gasteiger partial charge is 0.235 e. The molecule has 1 fully saturated rings. The van der Waals surface area contributed by atoms with Crippen molar-refractivity contribution in [2.75, 3.05) is 4.90 Å². The van der Waals surface area contributed by atoms with Gasteiger partial charge in [0.05, 0.1) is 12.2 Å². The SMILES string of the molecule is Cc1cccc(N(Cc2nc3nc(C)cc(C)n3c2Br)C2CCCCC2)c1. The van der Waals surface area contributed by atoms with Gasteiger partial charge in [-0.1, -0.05) is 31.4 Å². The summed E-state index contributed by atoms with van der Waals surface area (Å²) in [5.41, 5.74) is 5.82. The van der Waals surface area contributed by atoms with Gasteiger partial charge in [-0.25, -0.2) is 9.97 Å². The molecule has 0 radical (unpaired) electrons. The molecule has 2 aromatic heterocycles. The van der Waals surface area contributed by atoms with Crippen molar-refractivity contribution < 1.29 is 0 Å². The molecule has 0 bridgehead atoms. The highest BCUT2D eigenvalue weighted by atomic mass is 79.9. The summed E-state index contributed by atoms with van der Waals surface area (Å²) in [6, 6.07) is 11.5. The Hall–Kier alpha value is -1.88. The van der Waals surface area contributed by atoms with Crippen LogP contribution in [0.3, 0.4) is 0 Å². The monoisotopic (exact) mass is 426 g/mol. The molecule has 142 valence electrons. The summed E-state index contributed by atoms with van der Waals surface area (Å²) in [5, 5.41) is 0. The van der Waals surface area contributed by atoms with E-state index in [9.17, 15) is 0 Å². The Balaban J connectivity index is 1.74. The topological polar surface area (TPSA) is 33.4 Å². The second kappa shape index (κ2) is 7.63. The first-order valence-corrected chi connectivity index (χ1v) is 10.7. The molecule has 4 rings (SSSR count). The summed E-state index contributed by atoms with van der Waals surface area (Å²) >= 11 is 3.80. The molecule has 1 aliphatic carbocycles. The molecule has 1 aromatic carbocycles. The Labute approximate surface area is 169 Å². The molecule has 1 aliphatic rings. The van der Waals surface area contributed by atoms with E-state index in [1.807, 2.05) is 6.92 Å². The van der Waals surface area contributed by atoms with Gasteiger partial charge in [-0.2, -0.15) is 0 Å². The Morgan fingerprint density at radius 2 is 1.85 bits per heavy atom. The van der Waals surface area contributed by atoms with E-state index in [2.05, 4.69) is 74.4 Å². The van der Waals surface area contributed by atoms with Crippen LogP contribution < -0.4 is 4.90 Å². The van der Waals surface area contributed by atoms with Crippen LogP contribution in [0.2, 0.25) is 0 Å². The van der Waals surface area contributed by atoms with Gasteiger partial charge in [0.1, 0.15) is 4.60 Å². The molecule has 1 saturated carbocycles. The molecule has 4 nitrogen and oxygen atoms in total. The summed E-state index contributed by atoms with van der Waals surface area (Å²) in [4.78, 5) is 12.1. The molecule has 0 unspecified atom stereocenters. The van der Waals surface area contributed by atoms with Crippen molar-refractivity contribution in [2.24, 2.45) is 0 Å². The number of anilines is 1. The average Bonchev–Trinajstić information content (AvgIpc) is 2.96. The van der Waals surface area contributed by atoms with E-state index in [4.69, 9.17) is 4.98 Å². The number of aromatic nitrogens is 3. The molecule has 5 heteroatoms. The van der Waals surface area contributed by atoms with E-state index in [0.29, 0.717) is 6.04 Å². The summed E-state index contributed by atoms with van der Waals surface area (Å²) in [5.74, 6) is 0.780. The number of aryl methyl sites for hydroxylation is 3. The highest BCUT2D eigenvalue weighted by molar-refractivity contribution is 9.10. The van der Waals surface area contributed by atoms with Crippen molar-refractivity contribution in [2.45, 2.75) is 65.5 Å². The van der Waals surface area contributed by atoms with Gasteiger partial charge in [0.15, 0.2) is 0 Å². The number of fused-ring (bicyclic) bond motifs is 1. The maximum atomic E-state index is 4.88. The molecule has 0 N–H and O–H groups in total. The number of halogens is 1. The van der Waals surface area contributed by atoms with Crippen molar-refractivity contribution in [1.29, 1.82) is 0 Å². The lowest BCUT2D eigenvalue weighted by molar-refractivity contribution is 0.412. The van der Waals surface area contributed by atoms with Gasteiger partial charge in [0, 0.05) is 23.1 Å². The van der Waals surface area contributed by atoms with Gasteiger partial charge < -0.3 is 4.90 Å². The second-order valence-corrected chi connectivity index (χ2v) is 8.53. The minimum atomic E-state index is 0.577. The van der Waals surface area contributed by atoms with Crippen molar-refractivity contribution in [3.8, 4) is 0 Å². The molecule has 0 amide bonds. The van der Waals surface area contributed by atoms with Crippen molar-refractivity contribution >= 4 is 27.4 Å². The van der Waals surface area contributed by atoms with Gasteiger partial charge in [-0.05, 0) is 73.3 Å². The van der Waals surface area contributed by atoms with Gasteiger partial charge in [0.2, 0.25) is 5.78 Å². The largest absolute Gasteiger partial charge is 0.363 e. The summed E-state index contributed by atoms with van der Waals surface area (Å²) in [6.07, 6.45) is 6.52. The molecule has 0 atom stereocenters. The third-order valence-electron chi connectivity index (χ3n) is 5.59. The standard InChI is InChI=1S/C22H27BrN4/c1-15-8-7-11-19(12-15)26(18-9-5-4-6-10-18)14-20-21(23)27-17(3)13-16(2)24-22(27)25-20/h7-8,11-13,18H,4-6,9-10,14H2,1-3H3. The van der Waals surface area contributed by atoms with Crippen molar-refractivity contribution in [3.05, 3.63) is 57.6 Å². The van der Waals surface area contributed by atoms with Crippen molar-refractivity contribution in [3.63, 3.8) is 0 Å². The molecule has 3 aromatic rings. The number of rotatable bonds is 4. The Kier molecular flexibility index (Phi) is 5.22. The van der Waals surface area contributed by atoms with Crippen LogP contribution in [0.25, 0.3) is 5.78 Å². The van der Waals surface area contributed by atoms with Gasteiger partial charge in [-0.3, -0.25) is 4.40 Å². The van der Waals surface area contributed by atoms with E-state index < -0.39 is 0 Å². The maximum absolute atomic E-state index is 4.88. The van der Waals surface area contributed by atoms with Crippen LogP contribution in [0.4, 0.5) is 5.69 Å². The fourth-order valence-corrected chi connectivity index (χ4v) is 4.92. The van der Waals surface area contributed by atoms with Crippen LogP contribution >= 0.6 is 15.9 Å². The number of hydrogen-bond acceptors (Lipinski definition) is 3. The summed E-state index contributed by atoms with van der Waals surface area (Å²) in [7, 11) is 0. The zero-order chi connectivity index (χ0) is 19.0. The van der Waals surface area contributed by atoms with Gasteiger partial charge in [0.25, 0.3) is 0 Å². The Bertz CT molecular complexity index is 956. The first kappa shape index (κ1) is 18.5. The molecule has 27 heavy (non-hydrogen) atoms. The van der Waals surface area contributed by atoms with Gasteiger partial charge >= 0.3 is 0 Å². The van der Waals surface area contributed by atoms with Crippen LogP contribution in [-0.4, -0.2) is 20.4 Å². The molecular formula is C22H27BrN4. The van der Waals surface area contributed by atoms with E-state index in [1.165, 1.54) is 43.4 Å². The lowest BCUT2D eigenvalue weighted by Crippen LogP contribution is -2.36. The molecule has 0 aliphatic heterocycles. The zero-order valence-electron chi connectivity index (χ0n) is 16.4. The molecule has 0 spiro atoms. The molecular weight excluding hydrogens is 400 g/mol. The lowest BCUT2D eigenvalue weighted by Gasteiger charge is -2.36. The average molecular weight is 427 g/mol. The third-order valence-corrected chi connectivity index (χ3v) is 6.40. The normalized spacial score (nSPS) is 15.4. The van der Waals surface area contributed by atoms with E-state index in [0.717, 1.165) is 34.0 Å². The van der Waals surface area contributed by atoms with E-state index in [1.54, 1.807) is 0 Å². The van der Waals surface area contributed by atoms with Crippen LogP contribution in [0.15, 0.2) is 34.9 Å². The number of imidazole rings is 1. The second-order valence-electron chi connectivity index (χ2n) is 7.78. The first-order chi connectivity index (χ1) is 13.0. The van der Waals surface area contributed by atoms with Crippen LogP contribution in [-0.2, 0) is 6.54 Å². The minimum absolute atomic E-state index is 0.577. The number of nitrogens with zero attached hydrogens (tertiary/aromatic N) is 4. The molecule has 2 heterocycles. The first-order valence-electron chi connectivity index (χ1n) is 9.87. The predicted molar refractivity (Wildman–Crippen MR) is 114 cm³/mol. The van der Waals surface area contributed by atoms with Crippen LogP contribution in [0.1, 0.15) is 54.7 Å². The van der Waals surface area contributed by atoms with Crippen LogP contribution in [0.5, 0.6) is 0 Å². The fourth-order valence-electron chi connectivity index (χ4n) is 4.27. The third kappa shape index (κ3) is 3.75. The van der Waals surface area contributed by atoms with E-state index >= 15 is 0 Å². The summed E-state index contributed by atoms with van der Waals surface area (Å²) < 4.78 is 3.13. The van der Waals surface area contributed by atoms with Gasteiger partial charge in [-0.15, -0.1) is 0 Å². The maximum Gasteiger partial charge on any atom is 0.235 e. The minimum Gasteiger partial charge on any atom is -0.363 e. The summed E-state index contributed by atoms with van der Waals surface area (Å²) in [6.45, 7) is 7.10. The Morgan fingerprint density at radius 3 is 2.59 bits per heavy atom. The zero-order valence-corrected chi connectivity index (χ0v) is 18.0. The molecule has 0 saturated heterocycles. The highest BCUT2D eigenvalue weighted by Crippen LogP contribution is 2.31. The van der Waals surface area contributed by atoms with Crippen LogP contribution in [0, 0.1) is 20.8 Å². The number of benzene rings is 1. The quantitative estimate of drug-likeness (QED) is 0.531. The fraction of sp³-hybridized carbons (Fsp3) is 0.455.